The first-order valence-corrected chi connectivity index (χ1v) is 3.39. The van der Waals surface area contributed by atoms with Crippen LogP contribution in [0.2, 0.25) is 0 Å². The maximum atomic E-state index is 5.98. The number of hydrogen-bond acceptors (Lipinski definition) is 3. The lowest BCUT2D eigenvalue weighted by Gasteiger charge is -2.18. The van der Waals surface area contributed by atoms with Crippen LogP contribution >= 0.6 is 0 Å². The summed E-state index contributed by atoms with van der Waals surface area (Å²) in [5, 5.41) is 3.26. The third-order valence-electron chi connectivity index (χ3n) is 2.35. The quantitative estimate of drug-likeness (QED) is 0.437. The van der Waals surface area contributed by atoms with Crippen LogP contribution in [0.25, 0.3) is 0 Å². The van der Waals surface area contributed by atoms with E-state index in [1.165, 1.54) is 0 Å². The average Bonchev–Trinajstić information content (AvgIpc) is 2.22. The second-order valence-electron chi connectivity index (χ2n) is 3.08. The first kappa shape index (κ1) is 5.65. The van der Waals surface area contributed by atoms with E-state index >= 15 is 0 Å². The molecule has 2 heterocycles. The summed E-state index contributed by atoms with van der Waals surface area (Å²) in [7, 11) is 0. The molecule has 0 aliphatic carbocycles. The molecular formula is C6H12N2O. The first-order valence-electron chi connectivity index (χ1n) is 3.39. The molecule has 0 radical (unpaired) electrons. The molecule has 0 bridgehead atoms. The van der Waals surface area contributed by atoms with Gasteiger partial charge in [0.15, 0.2) is 0 Å². The molecule has 0 aromatic heterocycles. The molecule has 2 aliphatic rings. The Morgan fingerprint density at radius 2 is 2.56 bits per heavy atom. The van der Waals surface area contributed by atoms with Gasteiger partial charge in [-0.25, -0.2) is 0 Å². The highest BCUT2D eigenvalue weighted by atomic mass is 16.5. The van der Waals surface area contributed by atoms with Crippen LogP contribution in [0.5, 0.6) is 0 Å². The van der Waals surface area contributed by atoms with Crippen molar-refractivity contribution in [3.05, 3.63) is 0 Å². The van der Waals surface area contributed by atoms with Crippen molar-refractivity contribution in [2.75, 3.05) is 26.3 Å². The number of fused-ring (bicyclic) bond motifs is 1. The molecule has 2 aliphatic heterocycles. The van der Waals surface area contributed by atoms with Crippen LogP contribution < -0.4 is 11.1 Å². The van der Waals surface area contributed by atoms with Crippen molar-refractivity contribution < 1.29 is 4.74 Å². The zero-order valence-electron chi connectivity index (χ0n) is 5.39. The maximum Gasteiger partial charge on any atom is 0.0662 e. The normalized spacial score (nSPS) is 49.7. The molecule has 0 aromatic rings. The predicted molar refractivity (Wildman–Crippen MR) is 34.1 cm³/mol. The molecule has 0 amide bonds. The summed E-state index contributed by atoms with van der Waals surface area (Å²) >= 11 is 0. The number of rotatable bonds is 0. The van der Waals surface area contributed by atoms with Gasteiger partial charge in [-0.2, -0.15) is 0 Å². The molecule has 0 unspecified atom stereocenters. The van der Waals surface area contributed by atoms with Gasteiger partial charge in [0.1, 0.15) is 0 Å². The van der Waals surface area contributed by atoms with Crippen LogP contribution in [0.4, 0.5) is 0 Å². The molecular weight excluding hydrogens is 116 g/mol. The molecule has 3 nitrogen and oxygen atoms in total. The summed E-state index contributed by atoms with van der Waals surface area (Å²) in [6.07, 6.45) is 0. The second kappa shape index (κ2) is 1.68. The third kappa shape index (κ3) is 0.689. The van der Waals surface area contributed by atoms with E-state index in [2.05, 4.69) is 5.32 Å². The Kier molecular flexibility index (Phi) is 1.06. The van der Waals surface area contributed by atoms with Gasteiger partial charge in [-0.1, -0.05) is 0 Å². The zero-order chi connectivity index (χ0) is 6.32. The monoisotopic (exact) mass is 128 g/mol. The fourth-order valence-electron chi connectivity index (χ4n) is 1.61. The van der Waals surface area contributed by atoms with Crippen LogP contribution in [0, 0.1) is 5.92 Å². The molecule has 2 atom stereocenters. The van der Waals surface area contributed by atoms with E-state index in [-0.39, 0.29) is 5.54 Å². The standard InChI is InChI=1S/C6H12N2O/c7-6-3-8-1-5(6)2-9-4-6/h5,8H,1-4,7H2/t5-,6+/m1/s1. The van der Waals surface area contributed by atoms with Crippen LogP contribution in [-0.4, -0.2) is 31.8 Å². The lowest BCUT2D eigenvalue weighted by molar-refractivity contribution is 0.171. The van der Waals surface area contributed by atoms with Crippen molar-refractivity contribution in [1.29, 1.82) is 0 Å². The Morgan fingerprint density at radius 1 is 1.67 bits per heavy atom. The van der Waals surface area contributed by atoms with Crippen molar-refractivity contribution in [3.8, 4) is 0 Å². The van der Waals surface area contributed by atoms with Gasteiger partial charge in [0.2, 0.25) is 0 Å². The Labute approximate surface area is 54.6 Å². The van der Waals surface area contributed by atoms with Crippen LogP contribution in [-0.2, 0) is 4.74 Å². The van der Waals surface area contributed by atoms with Crippen molar-refractivity contribution in [2.45, 2.75) is 5.54 Å². The highest BCUT2D eigenvalue weighted by molar-refractivity contribution is 5.02. The molecule has 0 spiro atoms. The fraction of sp³-hybridized carbons (Fsp3) is 1.00. The molecule has 0 aromatic carbocycles. The van der Waals surface area contributed by atoms with E-state index < -0.39 is 0 Å². The average molecular weight is 128 g/mol. The summed E-state index contributed by atoms with van der Waals surface area (Å²) in [6, 6.07) is 0. The van der Waals surface area contributed by atoms with Crippen molar-refractivity contribution in [3.63, 3.8) is 0 Å². The van der Waals surface area contributed by atoms with Gasteiger partial charge in [-0.15, -0.1) is 0 Å². The molecule has 52 valence electrons. The minimum absolute atomic E-state index is 0.0278. The molecule has 3 heteroatoms. The van der Waals surface area contributed by atoms with Gasteiger partial charge < -0.3 is 15.8 Å². The van der Waals surface area contributed by atoms with Gasteiger partial charge in [-0.3, -0.25) is 0 Å². The summed E-state index contributed by atoms with van der Waals surface area (Å²) in [6.45, 7) is 3.56. The lowest BCUT2D eigenvalue weighted by atomic mass is 9.92. The predicted octanol–water partition coefficient (Wildman–Crippen LogP) is -1.07. The summed E-state index contributed by atoms with van der Waals surface area (Å²) in [5.74, 6) is 0.567. The van der Waals surface area contributed by atoms with Gasteiger partial charge in [0, 0.05) is 19.0 Å². The smallest absolute Gasteiger partial charge is 0.0662 e. The largest absolute Gasteiger partial charge is 0.379 e. The van der Waals surface area contributed by atoms with Gasteiger partial charge in [0.25, 0.3) is 0 Å². The molecule has 0 saturated carbocycles. The summed E-state index contributed by atoms with van der Waals surface area (Å²) < 4.78 is 5.25. The molecule has 2 rings (SSSR count). The highest BCUT2D eigenvalue weighted by Crippen LogP contribution is 2.25. The van der Waals surface area contributed by atoms with Crippen LogP contribution in [0.1, 0.15) is 0 Å². The maximum absolute atomic E-state index is 5.98. The van der Waals surface area contributed by atoms with E-state index in [1.807, 2.05) is 0 Å². The van der Waals surface area contributed by atoms with E-state index in [4.69, 9.17) is 10.5 Å². The minimum Gasteiger partial charge on any atom is -0.379 e. The zero-order valence-corrected chi connectivity index (χ0v) is 5.39. The number of hydrogen-bond donors (Lipinski definition) is 2. The van der Waals surface area contributed by atoms with Gasteiger partial charge >= 0.3 is 0 Å². The van der Waals surface area contributed by atoms with E-state index in [9.17, 15) is 0 Å². The minimum atomic E-state index is -0.0278. The Balaban J connectivity index is 2.17. The van der Waals surface area contributed by atoms with E-state index in [0.29, 0.717) is 5.92 Å². The van der Waals surface area contributed by atoms with Crippen LogP contribution in [0.3, 0.4) is 0 Å². The van der Waals surface area contributed by atoms with Gasteiger partial charge in [-0.05, 0) is 0 Å². The first-order chi connectivity index (χ1) is 4.31. The molecule has 3 N–H and O–H groups in total. The number of nitrogens with one attached hydrogen (secondary N) is 1. The van der Waals surface area contributed by atoms with Crippen molar-refractivity contribution in [1.82, 2.24) is 5.32 Å². The van der Waals surface area contributed by atoms with Crippen LogP contribution in [0.15, 0.2) is 0 Å². The Morgan fingerprint density at radius 3 is 3.33 bits per heavy atom. The number of ether oxygens (including phenoxy) is 1. The van der Waals surface area contributed by atoms with E-state index in [0.717, 1.165) is 26.3 Å². The Hall–Kier alpha value is -0.120. The SMILES string of the molecule is N[C@]12CNC[C@@H]1COC2. The number of nitrogens with two attached hydrogens (primary N) is 1. The Bertz CT molecular complexity index is 116. The molecule has 2 saturated heterocycles. The summed E-state index contributed by atoms with van der Waals surface area (Å²) in [4.78, 5) is 0. The third-order valence-corrected chi connectivity index (χ3v) is 2.35. The van der Waals surface area contributed by atoms with E-state index in [1.54, 1.807) is 0 Å². The van der Waals surface area contributed by atoms with Gasteiger partial charge in [0.05, 0.1) is 18.8 Å². The molecule has 9 heavy (non-hydrogen) atoms. The second-order valence-corrected chi connectivity index (χ2v) is 3.08. The fourth-order valence-corrected chi connectivity index (χ4v) is 1.61. The lowest BCUT2D eigenvalue weighted by Crippen LogP contribution is -2.47. The topological polar surface area (TPSA) is 47.3 Å². The van der Waals surface area contributed by atoms with Crippen molar-refractivity contribution >= 4 is 0 Å². The highest BCUT2D eigenvalue weighted by Gasteiger charge is 2.43. The van der Waals surface area contributed by atoms with Crippen molar-refractivity contribution in [2.24, 2.45) is 11.7 Å². The molecule has 2 fully saturated rings. The summed E-state index contributed by atoms with van der Waals surface area (Å²) in [5.41, 5.74) is 5.95.